The van der Waals surface area contributed by atoms with E-state index >= 15 is 0 Å². The van der Waals surface area contributed by atoms with Gasteiger partial charge in [-0.25, -0.2) is 0 Å². The maximum absolute atomic E-state index is 2.52. The number of nitrogens with zero attached hydrogens (tertiary/aromatic N) is 1. The molecule has 1 saturated heterocycles. The van der Waals surface area contributed by atoms with E-state index in [1.165, 1.54) is 25.2 Å². The molecule has 0 amide bonds. The van der Waals surface area contributed by atoms with Crippen LogP contribution in [-0.2, 0) is 6.54 Å². The highest BCUT2D eigenvalue weighted by atomic mass is 32.1. The summed E-state index contributed by atoms with van der Waals surface area (Å²) in [6.07, 6.45) is 0. The van der Waals surface area contributed by atoms with Crippen LogP contribution >= 0.6 is 11.3 Å². The molecule has 1 aliphatic heterocycles. The van der Waals surface area contributed by atoms with E-state index in [1.807, 2.05) is 11.3 Å². The maximum Gasteiger partial charge on any atom is 0.0330 e. The van der Waals surface area contributed by atoms with Crippen LogP contribution in [0.1, 0.15) is 17.4 Å². The highest BCUT2D eigenvalue weighted by Crippen LogP contribution is 2.22. The monoisotopic (exact) mass is 181 g/mol. The van der Waals surface area contributed by atoms with Crippen molar-refractivity contribution in [2.24, 2.45) is 5.92 Å². The molecule has 1 fully saturated rings. The molecule has 0 aliphatic carbocycles. The average molecular weight is 181 g/mol. The van der Waals surface area contributed by atoms with E-state index in [9.17, 15) is 0 Å². The predicted octanol–water partition coefficient (Wildman–Crippen LogP) is 2.51. The summed E-state index contributed by atoms with van der Waals surface area (Å²) in [5.41, 5.74) is 1.46. The minimum Gasteiger partial charge on any atom is -0.298 e. The average Bonchev–Trinajstić information content (AvgIpc) is 2.33. The smallest absolute Gasteiger partial charge is 0.0330 e. The van der Waals surface area contributed by atoms with Crippen LogP contribution in [0.3, 0.4) is 0 Å². The van der Waals surface area contributed by atoms with Gasteiger partial charge in [-0.1, -0.05) is 6.92 Å². The van der Waals surface area contributed by atoms with Gasteiger partial charge in [-0.15, -0.1) is 11.3 Å². The summed E-state index contributed by atoms with van der Waals surface area (Å²) in [6, 6.07) is 2.21. The topological polar surface area (TPSA) is 3.24 Å². The van der Waals surface area contributed by atoms with E-state index in [2.05, 4.69) is 30.2 Å². The molecule has 0 radical (unpaired) electrons. The molecule has 1 aromatic rings. The van der Waals surface area contributed by atoms with Gasteiger partial charge in [0.05, 0.1) is 0 Å². The number of hydrogen-bond acceptors (Lipinski definition) is 2. The van der Waals surface area contributed by atoms with Crippen LogP contribution in [0, 0.1) is 12.8 Å². The molecule has 0 aromatic carbocycles. The summed E-state index contributed by atoms with van der Waals surface area (Å²) in [5.74, 6) is 0.922. The quantitative estimate of drug-likeness (QED) is 0.677. The SMILES string of the molecule is Cc1ccsc1CN1CC(C)C1. The van der Waals surface area contributed by atoms with Crippen LogP contribution in [0.15, 0.2) is 11.4 Å². The Bertz CT molecular complexity index is 261. The van der Waals surface area contributed by atoms with Crippen LogP contribution < -0.4 is 0 Å². The van der Waals surface area contributed by atoms with Crippen molar-refractivity contribution in [3.05, 3.63) is 21.9 Å². The Balaban J connectivity index is 1.92. The minimum atomic E-state index is 0.922. The second-order valence-electron chi connectivity index (χ2n) is 3.83. The minimum absolute atomic E-state index is 0.922. The first-order chi connectivity index (χ1) is 5.75. The standard InChI is InChI=1S/C10H15NS/c1-8-5-11(6-8)7-10-9(2)3-4-12-10/h3-4,8H,5-7H2,1-2H3. The molecular formula is C10H15NS. The molecule has 2 heterocycles. The molecule has 66 valence electrons. The van der Waals surface area contributed by atoms with E-state index in [0.717, 1.165) is 5.92 Å². The van der Waals surface area contributed by atoms with Crippen LogP contribution in [0.25, 0.3) is 0 Å². The summed E-state index contributed by atoms with van der Waals surface area (Å²) >= 11 is 1.89. The molecule has 0 N–H and O–H groups in total. The third-order valence-corrected chi connectivity index (χ3v) is 3.48. The Morgan fingerprint density at radius 1 is 1.58 bits per heavy atom. The van der Waals surface area contributed by atoms with E-state index in [0.29, 0.717) is 0 Å². The molecule has 0 spiro atoms. The molecule has 0 atom stereocenters. The van der Waals surface area contributed by atoms with Gasteiger partial charge in [0.15, 0.2) is 0 Å². The fourth-order valence-electron chi connectivity index (χ4n) is 1.73. The van der Waals surface area contributed by atoms with Gasteiger partial charge >= 0.3 is 0 Å². The molecular weight excluding hydrogens is 166 g/mol. The van der Waals surface area contributed by atoms with Gasteiger partial charge in [0.2, 0.25) is 0 Å². The van der Waals surface area contributed by atoms with Crippen molar-refractivity contribution >= 4 is 11.3 Å². The van der Waals surface area contributed by atoms with Crippen molar-refractivity contribution in [1.29, 1.82) is 0 Å². The largest absolute Gasteiger partial charge is 0.298 e. The molecule has 1 aromatic heterocycles. The first kappa shape index (κ1) is 8.27. The fraction of sp³-hybridized carbons (Fsp3) is 0.600. The number of rotatable bonds is 2. The van der Waals surface area contributed by atoms with Gasteiger partial charge < -0.3 is 0 Å². The normalized spacial score (nSPS) is 19.5. The zero-order valence-corrected chi connectivity index (χ0v) is 8.53. The number of likely N-dealkylation sites (tertiary alicyclic amines) is 1. The molecule has 1 nitrogen and oxygen atoms in total. The Kier molecular flexibility index (Phi) is 2.20. The Labute approximate surface area is 78.0 Å². The summed E-state index contributed by atoms with van der Waals surface area (Å²) in [6.45, 7) is 8.27. The lowest BCUT2D eigenvalue weighted by Crippen LogP contribution is -2.44. The lowest BCUT2D eigenvalue weighted by molar-refractivity contribution is 0.106. The van der Waals surface area contributed by atoms with Crippen LogP contribution in [0.4, 0.5) is 0 Å². The highest BCUT2D eigenvalue weighted by Gasteiger charge is 2.22. The van der Waals surface area contributed by atoms with Crippen molar-refractivity contribution < 1.29 is 0 Å². The third-order valence-electron chi connectivity index (χ3n) is 2.48. The van der Waals surface area contributed by atoms with E-state index < -0.39 is 0 Å². The lowest BCUT2D eigenvalue weighted by atomic mass is 10.0. The van der Waals surface area contributed by atoms with Gasteiger partial charge in [0.25, 0.3) is 0 Å². The zero-order chi connectivity index (χ0) is 8.55. The van der Waals surface area contributed by atoms with Crippen molar-refractivity contribution in [3.63, 3.8) is 0 Å². The van der Waals surface area contributed by atoms with Gasteiger partial charge in [0.1, 0.15) is 0 Å². The number of aryl methyl sites for hydroxylation is 1. The van der Waals surface area contributed by atoms with Gasteiger partial charge in [-0.05, 0) is 29.9 Å². The van der Waals surface area contributed by atoms with Gasteiger partial charge in [-0.3, -0.25) is 4.90 Å². The van der Waals surface area contributed by atoms with E-state index in [-0.39, 0.29) is 0 Å². The molecule has 12 heavy (non-hydrogen) atoms. The Morgan fingerprint density at radius 3 is 2.83 bits per heavy atom. The molecule has 2 heteroatoms. The predicted molar refractivity (Wildman–Crippen MR) is 53.5 cm³/mol. The third kappa shape index (κ3) is 1.54. The summed E-state index contributed by atoms with van der Waals surface area (Å²) in [5, 5.41) is 2.19. The van der Waals surface area contributed by atoms with Gasteiger partial charge in [0, 0.05) is 24.5 Å². The fourth-order valence-corrected chi connectivity index (χ4v) is 2.67. The first-order valence-corrected chi connectivity index (χ1v) is 5.39. The van der Waals surface area contributed by atoms with E-state index in [1.54, 1.807) is 4.88 Å². The second kappa shape index (κ2) is 3.19. The van der Waals surface area contributed by atoms with E-state index in [4.69, 9.17) is 0 Å². The molecule has 1 aliphatic rings. The summed E-state index contributed by atoms with van der Waals surface area (Å²) in [4.78, 5) is 4.06. The van der Waals surface area contributed by atoms with Crippen LogP contribution in [0.2, 0.25) is 0 Å². The van der Waals surface area contributed by atoms with Crippen molar-refractivity contribution in [3.8, 4) is 0 Å². The Morgan fingerprint density at radius 2 is 2.33 bits per heavy atom. The van der Waals surface area contributed by atoms with Crippen LogP contribution in [0.5, 0.6) is 0 Å². The summed E-state index contributed by atoms with van der Waals surface area (Å²) in [7, 11) is 0. The number of thiophene rings is 1. The molecule has 2 rings (SSSR count). The first-order valence-electron chi connectivity index (χ1n) is 4.51. The van der Waals surface area contributed by atoms with Crippen molar-refractivity contribution in [1.82, 2.24) is 4.90 Å². The maximum atomic E-state index is 2.52. The summed E-state index contributed by atoms with van der Waals surface area (Å²) < 4.78 is 0. The number of hydrogen-bond donors (Lipinski definition) is 0. The van der Waals surface area contributed by atoms with Crippen LogP contribution in [-0.4, -0.2) is 18.0 Å². The lowest BCUT2D eigenvalue weighted by Gasteiger charge is -2.36. The van der Waals surface area contributed by atoms with Gasteiger partial charge in [-0.2, -0.15) is 0 Å². The molecule has 0 unspecified atom stereocenters. The molecule has 0 bridgehead atoms. The Hall–Kier alpha value is -0.340. The highest BCUT2D eigenvalue weighted by molar-refractivity contribution is 7.10. The molecule has 0 saturated carbocycles. The second-order valence-corrected chi connectivity index (χ2v) is 4.83. The van der Waals surface area contributed by atoms with Crippen molar-refractivity contribution in [2.45, 2.75) is 20.4 Å². The zero-order valence-electron chi connectivity index (χ0n) is 7.71. The van der Waals surface area contributed by atoms with Crippen molar-refractivity contribution in [2.75, 3.05) is 13.1 Å².